The average Bonchev–Trinajstić information content (AvgIpc) is 3.00. The number of anilines is 1. The normalized spacial score (nSPS) is 14.3. The fourth-order valence-corrected chi connectivity index (χ4v) is 5.20. The van der Waals surface area contributed by atoms with Gasteiger partial charge in [-0.1, -0.05) is 6.07 Å². The van der Waals surface area contributed by atoms with Crippen molar-refractivity contribution in [2.24, 2.45) is 0 Å². The lowest BCUT2D eigenvalue weighted by atomic mass is 10.2. The lowest BCUT2D eigenvalue weighted by molar-refractivity contribution is 0.581. The maximum absolute atomic E-state index is 12.4. The highest BCUT2D eigenvalue weighted by atomic mass is 32.2. The van der Waals surface area contributed by atoms with Crippen molar-refractivity contribution >= 4 is 27.0 Å². The molecule has 112 valence electrons. The van der Waals surface area contributed by atoms with E-state index < -0.39 is 10.0 Å². The Morgan fingerprint density at radius 3 is 2.86 bits per heavy atom. The Balaban J connectivity index is 1.78. The first-order chi connectivity index (χ1) is 9.95. The molecule has 1 aliphatic rings. The van der Waals surface area contributed by atoms with Crippen LogP contribution in [0.1, 0.15) is 27.3 Å². The molecule has 0 unspecified atom stereocenters. The van der Waals surface area contributed by atoms with Crippen LogP contribution in [0.3, 0.4) is 0 Å². The van der Waals surface area contributed by atoms with Crippen molar-refractivity contribution in [2.45, 2.75) is 37.6 Å². The van der Waals surface area contributed by atoms with Gasteiger partial charge in [0.15, 0.2) is 0 Å². The predicted octanol–water partition coefficient (Wildman–Crippen LogP) is 2.61. The van der Waals surface area contributed by atoms with Crippen molar-refractivity contribution in [2.75, 3.05) is 5.73 Å². The number of thiophene rings is 1. The Hall–Kier alpha value is -1.37. The summed E-state index contributed by atoms with van der Waals surface area (Å²) in [6, 6.07) is 7.07. The highest BCUT2D eigenvalue weighted by Gasteiger charge is 2.19. The van der Waals surface area contributed by atoms with E-state index in [0.717, 1.165) is 17.7 Å². The summed E-state index contributed by atoms with van der Waals surface area (Å²) in [4.78, 5) is 2.74. The molecule has 0 bridgehead atoms. The van der Waals surface area contributed by atoms with Crippen LogP contribution in [-0.2, 0) is 29.4 Å². The minimum Gasteiger partial charge on any atom is -0.399 e. The molecule has 0 atom stereocenters. The van der Waals surface area contributed by atoms with Crippen LogP contribution in [-0.4, -0.2) is 8.42 Å². The zero-order valence-electron chi connectivity index (χ0n) is 11.8. The van der Waals surface area contributed by atoms with Crippen LogP contribution in [0.4, 0.5) is 5.69 Å². The van der Waals surface area contributed by atoms with E-state index in [2.05, 4.69) is 10.8 Å². The first kappa shape index (κ1) is 14.6. The topological polar surface area (TPSA) is 72.2 Å². The predicted molar refractivity (Wildman–Crippen MR) is 86.0 cm³/mol. The Bertz CT molecular complexity index is 757. The molecule has 0 saturated carbocycles. The second-order valence-corrected chi connectivity index (χ2v) is 8.32. The lowest BCUT2D eigenvalue weighted by Crippen LogP contribution is -2.23. The molecule has 4 nitrogen and oxygen atoms in total. The first-order valence-electron chi connectivity index (χ1n) is 6.92. The fraction of sp³-hybridized carbons (Fsp3) is 0.333. The first-order valence-corrected chi connectivity index (χ1v) is 9.22. The molecule has 1 heterocycles. The van der Waals surface area contributed by atoms with Gasteiger partial charge in [-0.2, -0.15) is 0 Å². The number of rotatable bonds is 4. The molecule has 3 N–H and O–H groups in total. The van der Waals surface area contributed by atoms with Gasteiger partial charge in [0.05, 0.1) is 4.90 Å². The number of nitrogens with two attached hydrogens (primary N) is 1. The van der Waals surface area contributed by atoms with Gasteiger partial charge in [0.25, 0.3) is 0 Å². The van der Waals surface area contributed by atoms with Gasteiger partial charge in [-0.15, -0.1) is 11.3 Å². The van der Waals surface area contributed by atoms with Crippen molar-refractivity contribution in [3.05, 3.63) is 45.1 Å². The summed E-state index contributed by atoms with van der Waals surface area (Å²) in [5.41, 5.74) is 8.23. The minimum atomic E-state index is -3.53. The number of nitrogen functional groups attached to an aromatic ring is 1. The van der Waals surface area contributed by atoms with Crippen LogP contribution >= 0.6 is 11.3 Å². The Labute approximate surface area is 129 Å². The van der Waals surface area contributed by atoms with Gasteiger partial charge >= 0.3 is 0 Å². The van der Waals surface area contributed by atoms with E-state index in [-0.39, 0.29) is 4.90 Å². The van der Waals surface area contributed by atoms with E-state index in [4.69, 9.17) is 5.73 Å². The van der Waals surface area contributed by atoms with Crippen LogP contribution in [0.15, 0.2) is 29.2 Å². The molecule has 6 heteroatoms. The van der Waals surface area contributed by atoms with Gasteiger partial charge in [0.2, 0.25) is 10.0 Å². The molecular formula is C15H18N2O2S2. The maximum atomic E-state index is 12.4. The number of nitrogens with one attached hydrogen (secondary N) is 1. The molecule has 0 fully saturated rings. The van der Waals surface area contributed by atoms with Crippen LogP contribution in [0, 0.1) is 6.92 Å². The summed E-state index contributed by atoms with van der Waals surface area (Å²) in [5, 5.41) is 0. The van der Waals surface area contributed by atoms with Gasteiger partial charge in [0, 0.05) is 22.0 Å². The molecule has 0 spiro atoms. The Kier molecular flexibility index (Phi) is 3.77. The summed E-state index contributed by atoms with van der Waals surface area (Å²) >= 11 is 1.71. The molecule has 3 rings (SSSR count). The van der Waals surface area contributed by atoms with Crippen LogP contribution in [0.25, 0.3) is 0 Å². The smallest absolute Gasteiger partial charge is 0.241 e. The molecule has 0 aliphatic heterocycles. The molecule has 1 aliphatic carbocycles. The van der Waals surface area contributed by atoms with Gasteiger partial charge in [0.1, 0.15) is 0 Å². The number of hydrogen-bond acceptors (Lipinski definition) is 4. The van der Waals surface area contributed by atoms with Gasteiger partial charge in [-0.3, -0.25) is 0 Å². The van der Waals surface area contributed by atoms with Crippen molar-refractivity contribution in [1.82, 2.24) is 4.72 Å². The Morgan fingerprint density at radius 1 is 1.29 bits per heavy atom. The van der Waals surface area contributed by atoms with Crippen molar-refractivity contribution < 1.29 is 8.42 Å². The Morgan fingerprint density at radius 2 is 2.10 bits per heavy atom. The molecule has 0 amide bonds. The van der Waals surface area contributed by atoms with Crippen LogP contribution in [0.5, 0.6) is 0 Å². The van der Waals surface area contributed by atoms with E-state index in [1.165, 1.54) is 22.9 Å². The van der Waals surface area contributed by atoms with E-state index in [1.807, 2.05) is 0 Å². The third kappa shape index (κ3) is 2.97. The minimum absolute atomic E-state index is 0.256. The molecule has 0 saturated heterocycles. The molecular weight excluding hydrogens is 304 g/mol. The summed E-state index contributed by atoms with van der Waals surface area (Å²) in [6.45, 7) is 2.11. The van der Waals surface area contributed by atoms with E-state index >= 15 is 0 Å². The van der Waals surface area contributed by atoms with Crippen molar-refractivity contribution in [3.63, 3.8) is 0 Å². The van der Waals surface area contributed by atoms with E-state index in [0.29, 0.717) is 17.8 Å². The summed E-state index contributed by atoms with van der Waals surface area (Å²) in [7, 11) is -3.53. The van der Waals surface area contributed by atoms with Gasteiger partial charge in [-0.25, -0.2) is 13.1 Å². The maximum Gasteiger partial charge on any atom is 0.241 e. The van der Waals surface area contributed by atoms with Gasteiger partial charge < -0.3 is 5.73 Å². The quantitative estimate of drug-likeness (QED) is 0.850. The zero-order valence-corrected chi connectivity index (χ0v) is 13.5. The van der Waals surface area contributed by atoms with Crippen molar-refractivity contribution in [3.8, 4) is 0 Å². The number of sulfonamides is 1. The van der Waals surface area contributed by atoms with Gasteiger partial charge in [-0.05, 0) is 55.5 Å². The van der Waals surface area contributed by atoms with Crippen LogP contribution < -0.4 is 10.5 Å². The third-order valence-corrected chi connectivity index (χ3v) is 6.52. The van der Waals surface area contributed by atoms with Crippen molar-refractivity contribution in [1.29, 1.82) is 0 Å². The zero-order chi connectivity index (χ0) is 15.0. The van der Waals surface area contributed by atoms with E-state index in [9.17, 15) is 8.42 Å². The number of benzene rings is 1. The third-order valence-electron chi connectivity index (χ3n) is 3.74. The fourth-order valence-electron chi connectivity index (χ4n) is 2.63. The molecule has 0 radical (unpaired) electrons. The molecule has 1 aromatic heterocycles. The number of hydrogen-bond donors (Lipinski definition) is 2. The molecule has 2 aromatic rings. The average molecular weight is 322 g/mol. The standard InChI is InChI=1S/C15H18N2O2S2/c1-10-5-6-12(16)8-15(10)21(18,19)17-9-13-7-11-3-2-4-14(11)20-13/h5-8,17H,2-4,9,16H2,1H3. The largest absolute Gasteiger partial charge is 0.399 e. The lowest BCUT2D eigenvalue weighted by Gasteiger charge is -2.09. The highest BCUT2D eigenvalue weighted by Crippen LogP contribution is 2.30. The molecule has 21 heavy (non-hydrogen) atoms. The second kappa shape index (κ2) is 5.44. The summed E-state index contributed by atoms with van der Waals surface area (Å²) in [6.07, 6.45) is 3.46. The van der Waals surface area contributed by atoms with E-state index in [1.54, 1.807) is 30.4 Å². The second-order valence-electron chi connectivity index (χ2n) is 5.36. The van der Waals surface area contributed by atoms with Crippen LogP contribution in [0.2, 0.25) is 0 Å². The summed E-state index contributed by atoms with van der Waals surface area (Å²) < 4.78 is 27.5. The SMILES string of the molecule is Cc1ccc(N)cc1S(=O)(=O)NCc1cc2c(s1)CCC2. The molecule has 1 aromatic carbocycles. The monoisotopic (exact) mass is 322 g/mol. The highest BCUT2D eigenvalue weighted by molar-refractivity contribution is 7.89. The number of aryl methyl sites for hydroxylation is 3. The number of fused-ring (bicyclic) bond motifs is 1. The summed E-state index contributed by atoms with van der Waals surface area (Å²) in [5.74, 6) is 0.